The number of sulfonamides is 1. The molecule has 118 valence electrons. The molecule has 0 unspecified atom stereocenters. The molecule has 0 heterocycles. The summed E-state index contributed by atoms with van der Waals surface area (Å²) in [7, 11) is -3.38. The molecule has 1 aromatic carbocycles. The van der Waals surface area contributed by atoms with Gasteiger partial charge in [0.05, 0.1) is 17.4 Å². The molecular weight excluding hydrogens is 377 g/mol. The number of carbonyl (C=O) groups is 1. The lowest BCUT2D eigenvalue weighted by atomic mass is 10.1. The van der Waals surface area contributed by atoms with Crippen LogP contribution < -0.4 is 10.0 Å². The number of benzene rings is 1. The zero-order valence-corrected chi connectivity index (χ0v) is 13.2. The van der Waals surface area contributed by atoms with Gasteiger partial charge in [-0.3, -0.25) is 4.79 Å². The largest absolute Gasteiger partial charge is 0.416 e. The smallest absolute Gasteiger partial charge is 0.351 e. The van der Waals surface area contributed by atoms with Gasteiger partial charge in [0, 0.05) is 17.6 Å². The molecule has 0 spiro atoms. The van der Waals surface area contributed by atoms with E-state index in [1.807, 2.05) is 0 Å². The third-order valence-corrected chi connectivity index (χ3v) is 3.73. The topological polar surface area (TPSA) is 75.3 Å². The minimum Gasteiger partial charge on any atom is -0.351 e. The maximum Gasteiger partial charge on any atom is 0.416 e. The Balaban J connectivity index is 2.74. The predicted octanol–water partition coefficient (Wildman–Crippen LogP) is 1.75. The summed E-state index contributed by atoms with van der Waals surface area (Å²) in [5.74, 6) is -0.733. The molecule has 0 aromatic heterocycles. The lowest BCUT2D eigenvalue weighted by Crippen LogP contribution is -2.34. The molecular formula is C11H12BrF3N2O3S. The Bertz CT molecular complexity index is 632. The number of alkyl halides is 3. The Morgan fingerprint density at radius 3 is 2.43 bits per heavy atom. The molecule has 0 atom stereocenters. The van der Waals surface area contributed by atoms with E-state index in [0.717, 1.165) is 24.5 Å². The molecule has 0 aliphatic rings. The molecule has 1 amide bonds. The number of rotatable bonds is 5. The van der Waals surface area contributed by atoms with Crippen LogP contribution in [0.3, 0.4) is 0 Å². The Morgan fingerprint density at radius 2 is 1.90 bits per heavy atom. The van der Waals surface area contributed by atoms with E-state index in [4.69, 9.17) is 0 Å². The predicted molar refractivity (Wildman–Crippen MR) is 74.3 cm³/mol. The summed E-state index contributed by atoms with van der Waals surface area (Å²) >= 11 is 3.00. The van der Waals surface area contributed by atoms with Gasteiger partial charge in [-0.1, -0.05) is 0 Å². The van der Waals surface area contributed by atoms with Crippen LogP contribution in [0.15, 0.2) is 22.7 Å². The third kappa shape index (κ3) is 6.02. The lowest BCUT2D eigenvalue weighted by molar-refractivity contribution is -0.137. The normalized spacial score (nSPS) is 12.2. The van der Waals surface area contributed by atoms with Crippen LogP contribution in [0.4, 0.5) is 13.2 Å². The van der Waals surface area contributed by atoms with Crippen molar-refractivity contribution < 1.29 is 26.4 Å². The van der Waals surface area contributed by atoms with Crippen molar-refractivity contribution in [3.8, 4) is 0 Å². The molecule has 0 saturated carbocycles. The van der Waals surface area contributed by atoms with Crippen molar-refractivity contribution in [1.82, 2.24) is 10.0 Å². The molecule has 10 heteroatoms. The number of nitrogens with one attached hydrogen (secondary N) is 2. The van der Waals surface area contributed by atoms with E-state index in [0.29, 0.717) is 0 Å². The monoisotopic (exact) mass is 388 g/mol. The summed E-state index contributed by atoms with van der Waals surface area (Å²) in [5, 5.41) is 2.33. The first-order valence-corrected chi connectivity index (χ1v) is 8.29. The van der Waals surface area contributed by atoms with E-state index in [9.17, 15) is 26.4 Å². The van der Waals surface area contributed by atoms with E-state index < -0.39 is 27.7 Å². The first-order chi connectivity index (χ1) is 9.50. The highest BCUT2D eigenvalue weighted by Gasteiger charge is 2.31. The Labute approximate surface area is 128 Å². The SMILES string of the molecule is CS(=O)(=O)NCCNC(=O)c1cc(C(F)(F)F)ccc1Br. The van der Waals surface area contributed by atoms with Crippen molar-refractivity contribution in [3.63, 3.8) is 0 Å². The van der Waals surface area contributed by atoms with Crippen molar-refractivity contribution in [2.75, 3.05) is 19.3 Å². The fourth-order valence-corrected chi connectivity index (χ4v) is 2.28. The average Bonchev–Trinajstić information content (AvgIpc) is 2.32. The van der Waals surface area contributed by atoms with Crippen LogP contribution in [-0.4, -0.2) is 33.7 Å². The van der Waals surface area contributed by atoms with Gasteiger partial charge in [-0.2, -0.15) is 13.2 Å². The van der Waals surface area contributed by atoms with Gasteiger partial charge in [0.15, 0.2) is 0 Å². The van der Waals surface area contributed by atoms with Gasteiger partial charge in [0.25, 0.3) is 5.91 Å². The van der Waals surface area contributed by atoms with Crippen molar-refractivity contribution in [1.29, 1.82) is 0 Å². The quantitative estimate of drug-likeness (QED) is 0.754. The number of halogens is 4. The summed E-state index contributed by atoms with van der Waals surface area (Å²) < 4.78 is 61.7. The number of hydrogen-bond donors (Lipinski definition) is 2. The van der Waals surface area contributed by atoms with Gasteiger partial charge in [0.2, 0.25) is 10.0 Å². The van der Waals surface area contributed by atoms with Gasteiger partial charge in [-0.05, 0) is 34.1 Å². The molecule has 0 aliphatic heterocycles. The molecule has 0 aliphatic carbocycles. The Morgan fingerprint density at radius 1 is 1.29 bits per heavy atom. The van der Waals surface area contributed by atoms with Crippen molar-refractivity contribution in [2.24, 2.45) is 0 Å². The second kappa shape index (κ2) is 6.75. The van der Waals surface area contributed by atoms with Crippen LogP contribution in [0, 0.1) is 0 Å². The zero-order valence-electron chi connectivity index (χ0n) is 10.8. The van der Waals surface area contributed by atoms with E-state index >= 15 is 0 Å². The fraction of sp³-hybridized carbons (Fsp3) is 0.364. The van der Waals surface area contributed by atoms with Crippen LogP contribution >= 0.6 is 15.9 Å². The van der Waals surface area contributed by atoms with Crippen molar-refractivity contribution >= 4 is 31.9 Å². The summed E-state index contributed by atoms with van der Waals surface area (Å²) in [6.45, 7) is -0.101. The van der Waals surface area contributed by atoms with Gasteiger partial charge in [-0.15, -0.1) is 0 Å². The van der Waals surface area contributed by atoms with Gasteiger partial charge in [0.1, 0.15) is 0 Å². The third-order valence-electron chi connectivity index (χ3n) is 2.31. The first kappa shape index (κ1) is 17.9. The van der Waals surface area contributed by atoms with Crippen LogP contribution in [0.2, 0.25) is 0 Å². The highest BCUT2D eigenvalue weighted by molar-refractivity contribution is 9.10. The van der Waals surface area contributed by atoms with Crippen LogP contribution in [0.1, 0.15) is 15.9 Å². The van der Waals surface area contributed by atoms with E-state index in [2.05, 4.69) is 26.0 Å². The number of carbonyl (C=O) groups excluding carboxylic acids is 1. The highest BCUT2D eigenvalue weighted by atomic mass is 79.9. The van der Waals surface area contributed by atoms with Crippen molar-refractivity contribution in [2.45, 2.75) is 6.18 Å². The molecule has 0 fully saturated rings. The van der Waals surface area contributed by atoms with E-state index in [-0.39, 0.29) is 23.1 Å². The lowest BCUT2D eigenvalue weighted by Gasteiger charge is -2.11. The zero-order chi connectivity index (χ0) is 16.3. The summed E-state index contributed by atoms with van der Waals surface area (Å²) in [6, 6.07) is 2.71. The minimum absolute atomic E-state index is 0.0470. The molecule has 0 saturated heterocycles. The van der Waals surface area contributed by atoms with Crippen LogP contribution in [0.25, 0.3) is 0 Å². The fourth-order valence-electron chi connectivity index (χ4n) is 1.38. The summed E-state index contributed by atoms with van der Waals surface area (Å²) in [6.07, 6.45) is -3.59. The Hall–Kier alpha value is -1.13. The standard InChI is InChI=1S/C11H12BrF3N2O3S/c1-21(19,20)17-5-4-16-10(18)8-6-7(11(13,14)15)2-3-9(8)12/h2-3,6,17H,4-5H2,1H3,(H,16,18). The van der Waals surface area contributed by atoms with Crippen LogP contribution in [0.5, 0.6) is 0 Å². The molecule has 1 rings (SSSR count). The average molecular weight is 389 g/mol. The van der Waals surface area contributed by atoms with Crippen molar-refractivity contribution in [3.05, 3.63) is 33.8 Å². The Kier molecular flexibility index (Phi) is 5.76. The first-order valence-electron chi connectivity index (χ1n) is 5.60. The maximum atomic E-state index is 12.6. The van der Waals surface area contributed by atoms with Gasteiger partial charge in [-0.25, -0.2) is 13.1 Å². The second-order valence-electron chi connectivity index (χ2n) is 4.11. The minimum atomic E-state index is -4.55. The molecule has 0 bridgehead atoms. The highest BCUT2D eigenvalue weighted by Crippen LogP contribution is 2.31. The van der Waals surface area contributed by atoms with E-state index in [1.165, 1.54) is 0 Å². The summed E-state index contributed by atoms with van der Waals surface area (Å²) in [5.41, 5.74) is -1.12. The van der Waals surface area contributed by atoms with Gasteiger partial charge < -0.3 is 5.32 Å². The molecule has 0 radical (unpaired) electrons. The number of amides is 1. The van der Waals surface area contributed by atoms with Gasteiger partial charge >= 0.3 is 6.18 Å². The second-order valence-corrected chi connectivity index (χ2v) is 6.80. The number of hydrogen-bond acceptors (Lipinski definition) is 3. The van der Waals surface area contributed by atoms with Crippen LogP contribution in [-0.2, 0) is 16.2 Å². The molecule has 21 heavy (non-hydrogen) atoms. The van der Waals surface area contributed by atoms with E-state index in [1.54, 1.807) is 0 Å². The maximum absolute atomic E-state index is 12.6. The molecule has 2 N–H and O–H groups in total. The summed E-state index contributed by atoms with van der Waals surface area (Å²) in [4.78, 5) is 11.8. The molecule has 5 nitrogen and oxygen atoms in total. The molecule has 1 aromatic rings.